The van der Waals surface area contributed by atoms with Crippen molar-refractivity contribution >= 4 is 28.9 Å². The second-order valence-corrected chi connectivity index (χ2v) is 6.34. The highest BCUT2D eigenvalue weighted by atomic mass is 16.5. The molecule has 0 fully saturated rings. The van der Waals surface area contributed by atoms with Crippen LogP contribution in [0.3, 0.4) is 0 Å². The lowest BCUT2D eigenvalue weighted by Gasteiger charge is -2.09. The maximum absolute atomic E-state index is 12.3. The van der Waals surface area contributed by atoms with Crippen LogP contribution in [0.5, 0.6) is 11.5 Å². The first kappa shape index (κ1) is 20.7. The van der Waals surface area contributed by atoms with Gasteiger partial charge >= 0.3 is 5.91 Å². The van der Waals surface area contributed by atoms with Crippen LogP contribution in [0.1, 0.15) is 21.7 Å². The number of ether oxygens (including phenoxy) is 2. The number of para-hydroxylation sites is 1. The molecule has 30 heavy (non-hydrogen) atoms. The molecule has 0 radical (unpaired) electrons. The Hall–Kier alpha value is -4.00. The fourth-order valence-electron chi connectivity index (χ4n) is 2.84. The fourth-order valence-corrected chi connectivity index (χ4v) is 2.84. The van der Waals surface area contributed by atoms with Gasteiger partial charge in [-0.3, -0.25) is 20.4 Å². The number of benzene rings is 2. The highest BCUT2D eigenvalue weighted by Gasteiger charge is 2.17. The van der Waals surface area contributed by atoms with Crippen LogP contribution in [0.25, 0.3) is 17.0 Å². The van der Waals surface area contributed by atoms with Crippen molar-refractivity contribution in [3.63, 3.8) is 0 Å². The molecule has 0 aliphatic rings. The average molecular weight is 406 g/mol. The molecule has 7 heteroatoms. The Labute approximate surface area is 173 Å². The lowest BCUT2D eigenvalue weighted by Crippen LogP contribution is -2.40. The molecule has 0 saturated heterocycles. The molecule has 0 atom stereocenters. The van der Waals surface area contributed by atoms with Gasteiger partial charge in [0.2, 0.25) is 0 Å². The zero-order valence-corrected chi connectivity index (χ0v) is 16.7. The van der Waals surface area contributed by atoms with Crippen molar-refractivity contribution in [2.45, 2.75) is 6.92 Å². The molecule has 2 N–H and O–H groups in total. The van der Waals surface area contributed by atoms with E-state index in [1.807, 2.05) is 18.2 Å². The highest BCUT2D eigenvalue weighted by Crippen LogP contribution is 2.28. The molecule has 7 nitrogen and oxygen atoms in total. The summed E-state index contributed by atoms with van der Waals surface area (Å²) in [5, 5.41) is 0.850. The van der Waals surface area contributed by atoms with Crippen LogP contribution >= 0.6 is 0 Å². The largest absolute Gasteiger partial charge is 0.493 e. The van der Waals surface area contributed by atoms with Crippen LogP contribution in [0.4, 0.5) is 0 Å². The summed E-state index contributed by atoms with van der Waals surface area (Å²) in [6.07, 6.45) is 4.53. The summed E-state index contributed by atoms with van der Waals surface area (Å²) < 4.78 is 16.4. The Morgan fingerprint density at radius 2 is 1.93 bits per heavy atom. The molecule has 0 aliphatic heterocycles. The van der Waals surface area contributed by atoms with Crippen LogP contribution in [-0.4, -0.2) is 25.5 Å². The maximum Gasteiger partial charge on any atom is 0.305 e. The van der Waals surface area contributed by atoms with Gasteiger partial charge in [0, 0.05) is 17.0 Å². The SMILES string of the molecule is C=CCOc1ccc(/C=C/C(=O)NNC(=O)c2oc3ccccc3c2C)cc1OC. The van der Waals surface area contributed by atoms with E-state index in [1.165, 1.54) is 13.2 Å². The number of nitrogens with one attached hydrogen (secondary N) is 2. The Morgan fingerprint density at radius 3 is 2.67 bits per heavy atom. The number of carbonyl (C=O) groups is 2. The van der Waals surface area contributed by atoms with Crippen molar-refractivity contribution in [3.8, 4) is 11.5 Å². The minimum absolute atomic E-state index is 0.153. The zero-order valence-electron chi connectivity index (χ0n) is 16.7. The van der Waals surface area contributed by atoms with E-state index in [1.54, 1.807) is 43.3 Å². The van der Waals surface area contributed by atoms with Crippen molar-refractivity contribution in [2.75, 3.05) is 13.7 Å². The maximum atomic E-state index is 12.3. The lowest BCUT2D eigenvalue weighted by molar-refractivity contribution is -0.117. The third kappa shape index (κ3) is 4.70. The van der Waals surface area contributed by atoms with E-state index in [4.69, 9.17) is 13.9 Å². The standard InChI is InChI=1S/C23H22N2O5/c1-4-13-29-19-11-9-16(14-20(19)28-3)10-12-21(26)24-25-23(27)22-15(2)17-7-5-6-8-18(17)30-22/h4-12,14H,1,13H2,2-3H3,(H,24,26)(H,25,27)/b12-10+. The zero-order chi connectivity index (χ0) is 21.5. The highest BCUT2D eigenvalue weighted by molar-refractivity contribution is 6.00. The minimum atomic E-state index is -0.532. The predicted molar refractivity (Wildman–Crippen MR) is 114 cm³/mol. The molecule has 3 rings (SSSR count). The van der Waals surface area contributed by atoms with Gasteiger partial charge in [0.05, 0.1) is 7.11 Å². The van der Waals surface area contributed by atoms with E-state index >= 15 is 0 Å². The topological polar surface area (TPSA) is 89.8 Å². The van der Waals surface area contributed by atoms with Crippen LogP contribution in [-0.2, 0) is 4.79 Å². The molecule has 0 bridgehead atoms. The van der Waals surface area contributed by atoms with E-state index in [0.717, 1.165) is 10.9 Å². The van der Waals surface area contributed by atoms with Crippen molar-refractivity contribution in [2.24, 2.45) is 0 Å². The van der Waals surface area contributed by atoms with E-state index in [0.29, 0.717) is 29.3 Å². The molecular weight excluding hydrogens is 384 g/mol. The summed E-state index contributed by atoms with van der Waals surface area (Å²) in [7, 11) is 1.53. The molecule has 0 aliphatic carbocycles. The molecule has 0 saturated carbocycles. The molecule has 0 spiro atoms. The number of hydrazine groups is 1. The van der Waals surface area contributed by atoms with Gasteiger partial charge in [0.1, 0.15) is 12.2 Å². The molecule has 2 aromatic carbocycles. The Morgan fingerprint density at radius 1 is 1.13 bits per heavy atom. The Bertz CT molecular complexity index is 1110. The van der Waals surface area contributed by atoms with Crippen molar-refractivity contribution in [3.05, 3.63) is 78.1 Å². The fraction of sp³-hybridized carbons (Fsp3) is 0.130. The number of furan rings is 1. The summed E-state index contributed by atoms with van der Waals surface area (Å²) in [4.78, 5) is 24.4. The summed E-state index contributed by atoms with van der Waals surface area (Å²) in [6, 6.07) is 12.6. The van der Waals surface area contributed by atoms with Gasteiger partial charge in [-0.2, -0.15) is 0 Å². The van der Waals surface area contributed by atoms with E-state index < -0.39 is 11.8 Å². The van der Waals surface area contributed by atoms with Gasteiger partial charge in [-0.15, -0.1) is 0 Å². The number of hydrogen-bond acceptors (Lipinski definition) is 5. The normalized spacial score (nSPS) is 10.7. The number of amides is 2. The van der Waals surface area contributed by atoms with E-state index in [-0.39, 0.29) is 5.76 Å². The number of methoxy groups -OCH3 is 1. The van der Waals surface area contributed by atoms with Crippen molar-refractivity contribution < 1.29 is 23.5 Å². The number of aryl methyl sites for hydroxylation is 1. The second kappa shape index (κ2) is 9.47. The monoisotopic (exact) mass is 406 g/mol. The van der Waals surface area contributed by atoms with Crippen molar-refractivity contribution in [1.29, 1.82) is 0 Å². The molecule has 1 heterocycles. The van der Waals surface area contributed by atoms with Crippen LogP contribution < -0.4 is 20.3 Å². The van der Waals surface area contributed by atoms with Crippen LogP contribution in [0, 0.1) is 6.92 Å². The lowest BCUT2D eigenvalue weighted by atomic mass is 10.1. The first-order valence-electron chi connectivity index (χ1n) is 9.21. The van der Waals surface area contributed by atoms with Crippen LogP contribution in [0.15, 0.2) is 65.6 Å². The molecule has 2 amide bonds. The van der Waals surface area contributed by atoms with Gasteiger partial charge in [-0.05, 0) is 36.8 Å². The third-order valence-corrected chi connectivity index (χ3v) is 4.32. The van der Waals surface area contributed by atoms with Gasteiger partial charge in [0.15, 0.2) is 17.3 Å². The summed E-state index contributed by atoms with van der Waals surface area (Å²) >= 11 is 0. The quantitative estimate of drug-likeness (QED) is 0.354. The van der Waals surface area contributed by atoms with E-state index in [9.17, 15) is 9.59 Å². The predicted octanol–water partition coefficient (Wildman–Crippen LogP) is 3.79. The van der Waals surface area contributed by atoms with Gasteiger partial charge in [0.25, 0.3) is 5.91 Å². The van der Waals surface area contributed by atoms with Crippen LogP contribution in [0.2, 0.25) is 0 Å². The molecule has 154 valence electrons. The molecule has 1 aromatic heterocycles. The smallest absolute Gasteiger partial charge is 0.305 e. The molecular formula is C23H22N2O5. The van der Waals surface area contributed by atoms with Gasteiger partial charge < -0.3 is 13.9 Å². The number of hydrogen-bond donors (Lipinski definition) is 2. The number of fused-ring (bicyclic) bond motifs is 1. The third-order valence-electron chi connectivity index (χ3n) is 4.32. The summed E-state index contributed by atoms with van der Waals surface area (Å²) in [5.41, 5.74) is 6.74. The summed E-state index contributed by atoms with van der Waals surface area (Å²) in [6.45, 7) is 5.75. The van der Waals surface area contributed by atoms with Gasteiger partial charge in [-0.1, -0.05) is 36.9 Å². The van der Waals surface area contributed by atoms with E-state index in [2.05, 4.69) is 17.4 Å². The Balaban J connectivity index is 1.61. The molecule has 0 unspecified atom stereocenters. The summed E-state index contributed by atoms with van der Waals surface area (Å²) in [5.74, 6) is 0.236. The van der Waals surface area contributed by atoms with Gasteiger partial charge in [-0.25, -0.2) is 0 Å². The van der Waals surface area contributed by atoms with Crippen molar-refractivity contribution in [1.82, 2.24) is 10.9 Å². The first-order valence-corrected chi connectivity index (χ1v) is 9.21. The Kier molecular flexibility index (Phi) is 6.54. The first-order chi connectivity index (χ1) is 14.5. The second-order valence-electron chi connectivity index (χ2n) is 6.34. The minimum Gasteiger partial charge on any atom is -0.493 e. The molecule has 3 aromatic rings. The average Bonchev–Trinajstić information content (AvgIpc) is 3.11. The number of carbonyl (C=O) groups excluding carboxylic acids is 2. The number of rotatable bonds is 7.